The summed E-state index contributed by atoms with van der Waals surface area (Å²) in [6.45, 7) is 7.10. The molecule has 1 aliphatic rings. The van der Waals surface area contributed by atoms with Gasteiger partial charge in [0.1, 0.15) is 11.5 Å². The summed E-state index contributed by atoms with van der Waals surface area (Å²) >= 11 is 4.69. The highest BCUT2D eigenvalue weighted by Crippen LogP contribution is 2.33. The highest BCUT2D eigenvalue weighted by atomic mass is 79.9. The Bertz CT molecular complexity index is 1900. The second kappa shape index (κ2) is 10.8. The molecule has 2 aromatic heterocycles. The number of carbonyl (C=O) groups is 1. The van der Waals surface area contributed by atoms with Crippen LogP contribution >= 0.6 is 27.3 Å². The number of aryl methyl sites for hydroxylation is 2. The van der Waals surface area contributed by atoms with E-state index in [-0.39, 0.29) is 17.9 Å². The highest BCUT2D eigenvalue weighted by Gasteiger charge is 2.34. The number of furan rings is 1. The maximum atomic E-state index is 13.8. The molecular weight excluding hydrogens is 598 g/mol. The number of rotatable bonds is 6. The van der Waals surface area contributed by atoms with E-state index in [4.69, 9.17) is 9.15 Å². The summed E-state index contributed by atoms with van der Waals surface area (Å²) < 4.78 is 14.0. The van der Waals surface area contributed by atoms with Crippen molar-refractivity contribution in [3.05, 3.63) is 117 Å². The van der Waals surface area contributed by atoms with E-state index in [9.17, 15) is 19.7 Å². The smallest absolute Gasteiger partial charge is 0.338 e. The van der Waals surface area contributed by atoms with Crippen molar-refractivity contribution in [2.45, 2.75) is 33.7 Å². The van der Waals surface area contributed by atoms with Crippen LogP contribution in [0.4, 0.5) is 5.69 Å². The van der Waals surface area contributed by atoms with Gasteiger partial charge in [0.05, 0.1) is 33.4 Å². The fourth-order valence-corrected chi connectivity index (χ4v) is 5.97. The van der Waals surface area contributed by atoms with Crippen molar-refractivity contribution in [2.75, 3.05) is 6.61 Å². The molecule has 0 unspecified atom stereocenters. The molecule has 0 fully saturated rings. The minimum absolute atomic E-state index is 0.108. The fourth-order valence-electron chi connectivity index (χ4n) is 4.56. The molecule has 40 heavy (non-hydrogen) atoms. The van der Waals surface area contributed by atoms with Crippen LogP contribution in [-0.2, 0) is 9.53 Å². The van der Waals surface area contributed by atoms with Gasteiger partial charge in [-0.2, -0.15) is 0 Å². The molecule has 0 saturated heterocycles. The molecule has 0 spiro atoms. The molecule has 1 atom stereocenters. The summed E-state index contributed by atoms with van der Waals surface area (Å²) in [5.41, 5.74) is 2.89. The minimum atomic E-state index is -0.950. The van der Waals surface area contributed by atoms with Gasteiger partial charge in [-0.25, -0.2) is 9.79 Å². The topological polar surface area (TPSA) is 117 Å². The number of hydrogen-bond acceptors (Lipinski definition) is 8. The van der Waals surface area contributed by atoms with Gasteiger partial charge in [0, 0.05) is 27.7 Å². The number of aromatic nitrogens is 1. The van der Waals surface area contributed by atoms with Gasteiger partial charge in [0.15, 0.2) is 4.80 Å². The molecule has 0 saturated carbocycles. The number of hydrogen-bond donors (Lipinski definition) is 0. The van der Waals surface area contributed by atoms with Crippen LogP contribution in [0.3, 0.4) is 0 Å². The van der Waals surface area contributed by atoms with Crippen LogP contribution in [0.15, 0.2) is 78.5 Å². The maximum Gasteiger partial charge on any atom is 0.338 e. The quantitative estimate of drug-likeness (QED) is 0.163. The van der Waals surface area contributed by atoms with E-state index in [1.165, 1.54) is 10.6 Å². The second-order valence-corrected chi connectivity index (χ2v) is 11.1. The Morgan fingerprint density at radius 1 is 1.18 bits per heavy atom. The summed E-state index contributed by atoms with van der Waals surface area (Å²) in [5, 5.41) is 11.7. The van der Waals surface area contributed by atoms with E-state index in [1.54, 1.807) is 45.0 Å². The number of nitrogens with zero attached hydrogens (tertiary/aromatic N) is 3. The first-order valence-electron chi connectivity index (χ1n) is 12.4. The third-order valence-corrected chi connectivity index (χ3v) is 8.46. The molecule has 4 aromatic rings. The molecule has 0 aliphatic carbocycles. The number of nitro groups is 1. The maximum absolute atomic E-state index is 13.8. The zero-order chi connectivity index (χ0) is 28.7. The Hall–Kier alpha value is -4.09. The van der Waals surface area contributed by atoms with E-state index in [0.717, 1.165) is 26.9 Å². The number of thiazole rings is 1. The van der Waals surface area contributed by atoms with Crippen LogP contribution < -0.4 is 14.9 Å². The van der Waals surface area contributed by atoms with Crippen LogP contribution in [0.25, 0.3) is 17.4 Å². The lowest BCUT2D eigenvalue weighted by atomic mass is 9.94. The lowest BCUT2D eigenvalue weighted by molar-refractivity contribution is -0.385. The predicted octanol–water partition coefficient (Wildman–Crippen LogP) is 5.35. The zero-order valence-electron chi connectivity index (χ0n) is 22.1. The van der Waals surface area contributed by atoms with Crippen LogP contribution in [0.1, 0.15) is 42.3 Å². The number of carbonyl (C=O) groups excluding carboxylic acids is 1. The van der Waals surface area contributed by atoms with Gasteiger partial charge < -0.3 is 9.15 Å². The zero-order valence-corrected chi connectivity index (χ0v) is 24.5. The van der Waals surface area contributed by atoms with Crippen molar-refractivity contribution in [3.8, 4) is 11.3 Å². The highest BCUT2D eigenvalue weighted by molar-refractivity contribution is 9.10. The van der Waals surface area contributed by atoms with Crippen molar-refractivity contribution in [2.24, 2.45) is 4.99 Å². The lowest BCUT2D eigenvalue weighted by Crippen LogP contribution is -2.40. The Labute approximate surface area is 241 Å². The molecule has 0 bridgehead atoms. The fraction of sp³-hybridized carbons (Fsp3) is 0.207. The van der Waals surface area contributed by atoms with Gasteiger partial charge in [0.2, 0.25) is 0 Å². The van der Waals surface area contributed by atoms with Gasteiger partial charge in [-0.15, -0.1) is 0 Å². The second-order valence-electron chi connectivity index (χ2n) is 9.27. The van der Waals surface area contributed by atoms with E-state index < -0.39 is 22.5 Å². The first-order valence-corrected chi connectivity index (χ1v) is 14.0. The third-order valence-electron chi connectivity index (χ3n) is 6.62. The summed E-state index contributed by atoms with van der Waals surface area (Å²) in [6.07, 6.45) is 1.63. The monoisotopic (exact) mass is 621 g/mol. The molecule has 0 radical (unpaired) electrons. The summed E-state index contributed by atoms with van der Waals surface area (Å²) in [7, 11) is 0. The van der Waals surface area contributed by atoms with Crippen molar-refractivity contribution in [1.82, 2.24) is 4.57 Å². The van der Waals surface area contributed by atoms with E-state index in [2.05, 4.69) is 20.9 Å². The third kappa shape index (κ3) is 4.98. The van der Waals surface area contributed by atoms with Crippen molar-refractivity contribution >= 4 is 45.0 Å². The molecule has 2 aromatic carbocycles. The predicted molar refractivity (Wildman–Crippen MR) is 155 cm³/mol. The van der Waals surface area contributed by atoms with Crippen molar-refractivity contribution in [3.63, 3.8) is 0 Å². The van der Waals surface area contributed by atoms with Gasteiger partial charge in [-0.1, -0.05) is 51.5 Å². The molecule has 0 N–H and O–H groups in total. The first-order chi connectivity index (χ1) is 19.1. The molecule has 11 heteroatoms. The molecular formula is C29H24BrN3O6S. The van der Waals surface area contributed by atoms with E-state index >= 15 is 0 Å². The van der Waals surface area contributed by atoms with E-state index in [0.29, 0.717) is 37.7 Å². The van der Waals surface area contributed by atoms with Gasteiger partial charge in [-0.05, 0) is 57.0 Å². The van der Waals surface area contributed by atoms with Crippen molar-refractivity contribution < 1.29 is 18.9 Å². The van der Waals surface area contributed by atoms with Crippen LogP contribution in [0, 0.1) is 24.0 Å². The summed E-state index contributed by atoms with van der Waals surface area (Å²) in [6, 6.07) is 13.2. The first kappa shape index (κ1) is 27.5. The lowest BCUT2D eigenvalue weighted by Gasteiger charge is -2.24. The number of fused-ring (bicyclic) bond motifs is 1. The minimum Gasteiger partial charge on any atom is -0.463 e. The number of benzene rings is 2. The largest absolute Gasteiger partial charge is 0.463 e. The molecule has 9 nitrogen and oxygen atoms in total. The van der Waals surface area contributed by atoms with Crippen LogP contribution in [-0.4, -0.2) is 22.1 Å². The Morgan fingerprint density at radius 2 is 1.93 bits per heavy atom. The summed E-state index contributed by atoms with van der Waals surface area (Å²) in [4.78, 5) is 43.0. The number of allylic oxidation sites excluding steroid dienone is 1. The average molecular weight is 622 g/mol. The number of halogens is 1. The molecule has 5 rings (SSSR count). The van der Waals surface area contributed by atoms with Gasteiger partial charge in [0.25, 0.3) is 11.2 Å². The molecule has 1 aliphatic heterocycles. The number of nitro benzene ring substituents is 1. The van der Waals surface area contributed by atoms with Crippen LogP contribution in [0.2, 0.25) is 0 Å². The Balaban J connectivity index is 1.66. The van der Waals surface area contributed by atoms with Gasteiger partial charge in [-0.3, -0.25) is 19.5 Å². The summed E-state index contributed by atoms with van der Waals surface area (Å²) in [5.74, 6) is 0.483. The normalized spacial score (nSPS) is 15.1. The molecule has 3 heterocycles. The Kier molecular flexibility index (Phi) is 7.43. The molecule has 204 valence electrons. The molecule has 0 amide bonds. The standard InChI is InChI=1S/C29H24BrN3O6S/c1-5-38-28(35)25-17(4)31-29-32(26(25)19-9-7-16(3)22(13-19)33(36)37)27(34)24(40-29)14-20-10-11-23(39-20)18-8-6-15(2)21(30)12-18/h6-14,26H,5H2,1-4H3/b24-14+/t26-/m1/s1. The Morgan fingerprint density at radius 3 is 2.62 bits per heavy atom. The number of esters is 1. The van der Waals surface area contributed by atoms with E-state index in [1.807, 2.05) is 31.2 Å². The van der Waals surface area contributed by atoms with Gasteiger partial charge >= 0.3 is 5.97 Å². The SMILES string of the molecule is CCOC(=O)C1=C(C)N=c2s/c(=C/c3ccc(-c4ccc(C)c(Br)c4)o3)c(=O)n2[C@@H]1c1ccc(C)c([N+](=O)[O-])c1. The van der Waals surface area contributed by atoms with Crippen LogP contribution in [0.5, 0.6) is 0 Å². The average Bonchev–Trinajstić information content (AvgIpc) is 3.49. The van der Waals surface area contributed by atoms with Crippen molar-refractivity contribution in [1.29, 1.82) is 0 Å². The number of ether oxygens (including phenoxy) is 1.